The Labute approximate surface area is 111 Å². The van der Waals surface area contributed by atoms with E-state index in [9.17, 15) is 4.79 Å². The molecule has 2 atom stereocenters. The smallest absolute Gasteiger partial charge is 0.322 e. The summed E-state index contributed by atoms with van der Waals surface area (Å²) in [5, 5.41) is 9.94. The largest absolute Gasteiger partial charge is 0.408 e. The van der Waals surface area contributed by atoms with Crippen LogP contribution in [-0.2, 0) is 9.53 Å². The molecule has 1 aliphatic carbocycles. The highest BCUT2D eigenvalue weighted by atomic mass is 16.5. The number of anilines is 1. The summed E-state index contributed by atoms with van der Waals surface area (Å²) in [5.74, 6) is 0.0681. The number of carbonyl (C=O) groups is 1. The molecule has 19 heavy (non-hydrogen) atoms. The van der Waals surface area contributed by atoms with Crippen LogP contribution in [0.2, 0.25) is 0 Å². The third-order valence-electron chi connectivity index (χ3n) is 3.98. The van der Waals surface area contributed by atoms with E-state index in [0.29, 0.717) is 18.9 Å². The number of aromatic nitrogens is 2. The molecule has 2 unspecified atom stereocenters. The Morgan fingerprint density at radius 2 is 2.26 bits per heavy atom. The summed E-state index contributed by atoms with van der Waals surface area (Å²) < 4.78 is 10.7. The van der Waals surface area contributed by atoms with E-state index >= 15 is 0 Å². The van der Waals surface area contributed by atoms with Crippen molar-refractivity contribution in [3.8, 4) is 0 Å². The lowest BCUT2D eigenvalue weighted by Crippen LogP contribution is -2.74. The number of nitrogens with one attached hydrogen (secondary N) is 1. The standard InChI is InChI=1S/C12H20N4O3/c1-5-18-8-6-12(13,11(8,3)4)9(17)14-10-16-15-7(2)19-10/h8H,5-6,13H2,1-4H3,(H,14,16,17). The Morgan fingerprint density at radius 3 is 2.74 bits per heavy atom. The number of nitrogens with two attached hydrogens (primary N) is 1. The fraction of sp³-hybridized carbons (Fsp3) is 0.750. The molecule has 2 rings (SSSR count). The van der Waals surface area contributed by atoms with E-state index in [4.69, 9.17) is 14.9 Å². The number of amides is 1. The SMILES string of the molecule is CCOC1CC(N)(C(=O)Nc2nnc(C)o2)C1(C)C. The van der Waals surface area contributed by atoms with Gasteiger partial charge in [-0.2, -0.15) is 0 Å². The lowest BCUT2D eigenvalue weighted by molar-refractivity contribution is -0.166. The Bertz CT molecular complexity index is 485. The van der Waals surface area contributed by atoms with Crippen LogP contribution in [0.25, 0.3) is 0 Å². The van der Waals surface area contributed by atoms with Gasteiger partial charge in [0.25, 0.3) is 0 Å². The minimum atomic E-state index is -0.991. The molecule has 1 aromatic heterocycles. The molecule has 0 saturated heterocycles. The summed E-state index contributed by atoms with van der Waals surface area (Å²) in [4.78, 5) is 12.3. The summed E-state index contributed by atoms with van der Waals surface area (Å²) in [5.41, 5.74) is 4.78. The molecule has 1 heterocycles. The number of ether oxygens (including phenoxy) is 1. The van der Waals surface area contributed by atoms with Crippen molar-refractivity contribution in [3.05, 3.63) is 5.89 Å². The predicted molar refractivity (Wildman–Crippen MR) is 68.4 cm³/mol. The minimum absolute atomic E-state index is 0.0160. The maximum absolute atomic E-state index is 12.3. The van der Waals surface area contributed by atoms with Crippen molar-refractivity contribution in [1.29, 1.82) is 0 Å². The topological polar surface area (TPSA) is 103 Å². The van der Waals surface area contributed by atoms with Crippen molar-refractivity contribution in [2.75, 3.05) is 11.9 Å². The fourth-order valence-electron chi connectivity index (χ4n) is 2.38. The predicted octanol–water partition coefficient (Wildman–Crippen LogP) is 0.849. The van der Waals surface area contributed by atoms with Gasteiger partial charge in [0, 0.05) is 25.4 Å². The molecule has 0 radical (unpaired) electrons. The maximum Gasteiger partial charge on any atom is 0.322 e. The van der Waals surface area contributed by atoms with Gasteiger partial charge in [-0.25, -0.2) is 0 Å². The molecule has 106 valence electrons. The first-order valence-corrected chi connectivity index (χ1v) is 6.33. The molecule has 1 aromatic rings. The first-order valence-electron chi connectivity index (χ1n) is 6.33. The Morgan fingerprint density at radius 1 is 1.58 bits per heavy atom. The van der Waals surface area contributed by atoms with E-state index in [1.807, 2.05) is 20.8 Å². The van der Waals surface area contributed by atoms with E-state index < -0.39 is 11.0 Å². The quantitative estimate of drug-likeness (QED) is 0.839. The Kier molecular flexibility index (Phi) is 3.36. The highest BCUT2D eigenvalue weighted by Gasteiger charge is 2.63. The van der Waals surface area contributed by atoms with Crippen LogP contribution in [0.3, 0.4) is 0 Å². The average Bonchev–Trinajstić information content (AvgIpc) is 2.74. The molecular weight excluding hydrogens is 248 g/mol. The van der Waals surface area contributed by atoms with Crippen molar-refractivity contribution in [3.63, 3.8) is 0 Å². The van der Waals surface area contributed by atoms with E-state index in [2.05, 4.69) is 15.5 Å². The first-order chi connectivity index (χ1) is 8.81. The normalized spacial score (nSPS) is 28.8. The zero-order chi connectivity index (χ0) is 14.3. The molecule has 0 aromatic carbocycles. The zero-order valence-electron chi connectivity index (χ0n) is 11.7. The molecule has 3 N–H and O–H groups in total. The van der Waals surface area contributed by atoms with Crippen LogP contribution in [0, 0.1) is 12.3 Å². The summed E-state index contributed by atoms with van der Waals surface area (Å²) in [6.45, 7) is 8.03. The monoisotopic (exact) mass is 268 g/mol. The van der Waals surface area contributed by atoms with Crippen LogP contribution in [-0.4, -0.2) is 34.4 Å². The van der Waals surface area contributed by atoms with Crippen molar-refractivity contribution >= 4 is 11.9 Å². The van der Waals surface area contributed by atoms with Crippen molar-refractivity contribution < 1.29 is 13.9 Å². The minimum Gasteiger partial charge on any atom is -0.408 e. The van der Waals surface area contributed by atoms with Crippen LogP contribution < -0.4 is 11.1 Å². The second-order valence-electron chi connectivity index (χ2n) is 5.42. The number of carbonyl (C=O) groups excluding carboxylic acids is 1. The summed E-state index contributed by atoms with van der Waals surface area (Å²) >= 11 is 0. The van der Waals surface area contributed by atoms with Gasteiger partial charge in [-0.1, -0.05) is 18.9 Å². The van der Waals surface area contributed by atoms with E-state index in [0.717, 1.165) is 0 Å². The first kappa shape index (κ1) is 14.0. The third kappa shape index (κ3) is 2.12. The number of hydrogen-bond acceptors (Lipinski definition) is 6. The summed E-state index contributed by atoms with van der Waals surface area (Å²) in [6.07, 6.45) is 0.463. The fourth-order valence-corrected chi connectivity index (χ4v) is 2.38. The van der Waals surface area contributed by atoms with Gasteiger partial charge < -0.3 is 14.9 Å². The van der Waals surface area contributed by atoms with E-state index in [1.165, 1.54) is 0 Å². The van der Waals surface area contributed by atoms with E-state index in [-0.39, 0.29) is 18.0 Å². The number of aryl methyl sites for hydroxylation is 1. The van der Waals surface area contributed by atoms with Crippen molar-refractivity contribution in [2.24, 2.45) is 11.1 Å². The molecule has 1 aliphatic rings. The van der Waals surface area contributed by atoms with Gasteiger partial charge in [0.15, 0.2) is 0 Å². The van der Waals surface area contributed by atoms with Gasteiger partial charge in [0.05, 0.1) is 6.10 Å². The van der Waals surface area contributed by atoms with Crippen LogP contribution in [0.5, 0.6) is 0 Å². The molecule has 1 saturated carbocycles. The third-order valence-corrected chi connectivity index (χ3v) is 3.98. The Hall–Kier alpha value is -1.47. The van der Waals surface area contributed by atoms with Gasteiger partial charge in [-0.15, -0.1) is 5.10 Å². The second kappa shape index (κ2) is 4.57. The van der Waals surface area contributed by atoms with Gasteiger partial charge in [0.2, 0.25) is 11.8 Å². The highest BCUT2D eigenvalue weighted by Crippen LogP contribution is 2.50. The lowest BCUT2D eigenvalue weighted by atomic mass is 9.54. The molecule has 0 aliphatic heterocycles. The molecule has 0 bridgehead atoms. The van der Waals surface area contributed by atoms with Crippen LogP contribution >= 0.6 is 0 Å². The molecule has 0 spiro atoms. The van der Waals surface area contributed by atoms with Gasteiger partial charge in [-0.3, -0.25) is 10.1 Å². The lowest BCUT2D eigenvalue weighted by Gasteiger charge is -2.57. The summed E-state index contributed by atoms with van der Waals surface area (Å²) in [7, 11) is 0. The van der Waals surface area contributed by atoms with E-state index in [1.54, 1.807) is 6.92 Å². The van der Waals surface area contributed by atoms with Crippen LogP contribution in [0.4, 0.5) is 6.01 Å². The van der Waals surface area contributed by atoms with Gasteiger partial charge >= 0.3 is 6.01 Å². The maximum atomic E-state index is 12.3. The molecule has 1 amide bonds. The molecular formula is C12H20N4O3. The van der Waals surface area contributed by atoms with Gasteiger partial charge in [0.1, 0.15) is 5.54 Å². The average molecular weight is 268 g/mol. The number of hydrogen-bond donors (Lipinski definition) is 2. The number of rotatable bonds is 4. The molecule has 7 nitrogen and oxygen atoms in total. The second-order valence-corrected chi connectivity index (χ2v) is 5.42. The van der Waals surface area contributed by atoms with Crippen LogP contribution in [0.1, 0.15) is 33.1 Å². The zero-order valence-corrected chi connectivity index (χ0v) is 11.7. The van der Waals surface area contributed by atoms with Gasteiger partial charge in [-0.05, 0) is 6.92 Å². The molecule has 1 fully saturated rings. The molecule has 7 heteroatoms. The highest BCUT2D eigenvalue weighted by molar-refractivity contribution is 5.98. The van der Waals surface area contributed by atoms with Crippen molar-refractivity contribution in [1.82, 2.24) is 10.2 Å². The summed E-state index contributed by atoms with van der Waals surface area (Å²) in [6, 6.07) is 0.0722. The van der Waals surface area contributed by atoms with Crippen molar-refractivity contribution in [2.45, 2.75) is 45.8 Å². The number of nitrogens with zero attached hydrogens (tertiary/aromatic N) is 2. The Balaban J connectivity index is 2.07. The van der Waals surface area contributed by atoms with Crippen LogP contribution in [0.15, 0.2) is 4.42 Å².